The van der Waals surface area contributed by atoms with E-state index >= 15 is 0 Å². The Balaban J connectivity index is 1.40. The molecule has 12 heteroatoms. The summed E-state index contributed by atoms with van der Waals surface area (Å²) in [4.78, 5) is 25.7. The van der Waals surface area contributed by atoms with Gasteiger partial charge in [-0.15, -0.1) is 0 Å². The van der Waals surface area contributed by atoms with Gasteiger partial charge in [-0.2, -0.15) is 0 Å². The number of pyridine rings is 1. The predicted octanol–water partition coefficient (Wildman–Crippen LogP) is 5.12. The molecule has 1 saturated heterocycles. The van der Waals surface area contributed by atoms with Gasteiger partial charge in [0.05, 0.1) is 38.2 Å². The van der Waals surface area contributed by atoms with Gasteiger partial charge in [0.1, 0.15) is 11.3 Å². The Labute approximate surface area is 241 Å². The molecule has 0 atom stereocenters. The van der Waals surface area contributed by atoms with Gasteiger partial charge in [-0.1, -0.05) is 13.5 Å². The molecule has 1 amide bonds. The molecule has 0 spiro atoms. The van der Waals surface area contributed by atoms with Crippen LogP contribution in [-0.4, -0.2) is 67.7 Å². The number of carbonyl (C=O) groups is 1. The van der Waals surface area contributed by atoms with Crippen LogP contribution in [0.3, 0.4) is 0 Å². The van der Waals surface area contributed by atoms with Crippen molar-refractivity contribution in [1.82, 2.24) is 14.9 Å². The first-order chi connectivity index (χ1) is 20.3. The third-order valence-electron chi connectivity index (χ3n) is 7.21. The van der Waals surface area contributed by atoms with Crippen molar-refractivity contribution in [2.24, 2.45) is 0 Å². The lowest BCUT2D eigenvalue weighted by Gasteiger charge is -2.35. The maximum atomic E-state index is 14.9. The Bertz CT molecular complexity index is 1590. The molecule has 0 aliphatic carbocycles. The van der Waals surface area contributed by atoms with Crippen LogP contribution in [-0.2, 0) is 11.2 Å². The van der Waals surface area contributed by atoms with Gasteiger partial charge >= 0.3 is 0 Å². The zero-order valence-electron chi connectivity index (χ0n) is 23.7. The zero-order chi connectivity index (χ0) is 29.8. The summed E-state index contributed by atoms with van der Waals surface area (Å²) in [5.74, 6) is -1.84. The molecule has 0 unspecified atom stereocenters. The maximum absolute atomic E-state index is 14.9. The monoisotopic (exact) mass is 578 g/mol. The van der Waals surface area contributed by atoms with Crippen LogP contribution >= 0.6 is 0 Å². The van der Waals surface area contributed by atoms with E-state index in [0.717, 1.165) is 44.5 Å². The normalized spacial score (nSPS) is 13.7. The standard InChI is InChI=1S/C30H32F2N6O4/c1-5-27(39)35-21-13-18(38-11-9-37(6-2)10-12-38)7-8-20(21)34-26-15-22-25(17-33-26)42-28(36-22)14-19-29(31)23(40-3)16-24(41-4)30(19)32/h5,7-8,13,15-17H,1,6,9-12,14H2,2-4H3,(H,33,34)(H,35,39). The second-order valence-electron chi connectivity index (χ2n) is 9.68. The van der Waals surface area contributed by atoms with E-state index in [2.05, 4.69) is 43.9 Å². The maximum Gasteiger partial charge on any atom is 0.247 e. The van der Waals surface area contributed by atoms with Crippen molar-refractivity contribution in [2.75, 3.05) is 62.5 Å². The largest absolute Gasteiger partial charge is 0.494 e. The van der Waals surface area contributed by atoms with Crippen molar-refractivity contribution in [3.63, 3.8) is 0 Å². The summed E-state index contributed by atoms with van der Waals surface area (Å²) in [6.07, 6.45) is 2.41. The summed E-state index contributed by atoms with van der Waals surface area (Å²) in [6, 6.07) is 8.59. The highest BCUT2D eigenvalue weighted by Crippen LogP contribution is 2.34. The Hall–Kier alpha value is -4.71. The van der Waals surface area contributed by atoms with E-state index in [1.807, 2.05) is 18.2 Å². The Morgan fingerprint density at radius 2 is 1.79 bits per heavy atom. The van der Waals surface area contributed by atoms with Crippen molar-refractivity contribution in [2.45, 2.75) is 13.3 Å². The first-order valence-corrected chi connectivity index (χ1v) is 13.5. The number of ether oxygens (including phenoxy) is 2. The fourth-order valence-electron chi connectivity index (χ4n) is 4.85. The van der Waals surface area contributed by atoms with E-state index < -0.39 is 11.6 Å². The second-order valence-corrected chi connectivity index (χ2v) is 9.68. The number of nitrogens with zero attached hydrogens (tertiary/aromatic N) is 4. The number of amides is 1. The molecule has 4 aromatic rings. The van der Waals surface area contributed by atoms with Crippen molar-refractivity contribution in [1.29, 1.82) is 0 Å². The fourth-order valence-corrected chi connectivity index (χ4v) is 4.85. The lowest BCUT2D eigenvalue weighted by Crippen LogP contribution is -2.46. The van der Waals surface area contributed by atoms with Crippen LogP contribution in [0.5, 0.6) is 11.5 Å². The van der Waals surface area contributed by atoms with Crippen molar-refractivity contribution >= 4 is 39.9 Å². The Kier molecular flexibility index (Phi) is 8.53. The number of benzene rings is 2. The average molecular weight is 579 g/mol. The fraction of sp³-hybridized carbons (Fsp3) is 0.300. The number of fused-ring (bicyclic) bond motifs is 1. The molecule has 0 saturated carbocycles. The molecule has 0 bridgehead atoms. The number of likely N-dealkylation sites (N-methyl/N-ethyl adjacent to an activating group) is 1. The van der Waals surface area contributed by atoms with Crippen LogP contribution in [0.2, 0.25) is 0 Å². The molecule has 2 aromatic heterocycles. The molecule has 1 aliphatic heterocycles. The van der Waals surface area contributed by atoms with E-state index in [4.69, 9.17) is 13.9 Å². The van der Waals surface area contributed by atoms with Gasteiger partial charge in [0, 0.05) is 49.6 Å². The molecular weight excluding hydrogens is 546 g/mol. The summed E-state index contributed by atoms with van der Waals surface area (Å²) in [6.45, 7) is 10.4. The predicted molar refractivity (Wildman–Crippen MR) is 157 cm³/mol. The highest BCUT2D eigenvalue weighted by Gasteiger charge is 2.23. The van der Waals surface area contributed by atoms with E-state index in [1.165, 1.54) is 26.5 Å². The molecule has 220 valence electrons. The number of anilines is 4. The number of piperazine rings is 1. The van der Waals surface area contributed by atoms with Crippen LogP contribution in [0.4, 0.5) is 31.7 Å². The van der Waals surface area contributed by atoms with Gasteiger partial charge in [0.2, 0.25) is 5.91 Å². The van der Waals surface area contributed by atoms with Crippen LogP contribution < -0.4 is 25.0 Å². The summed E-state index contributed by atoms with van der Waals surface area (Å²) in [5.41, 5.74) is 2.66. The number of halogens is 2. The van der Waals surface area contributed by atoms with Crippen molar-refractivity contribution in [3.8, 4) is 11.5 Å². The molecule has 42 heavy (non-hydrogen) atoms. The number of oxazole rings is 1. The molecule has 5 rings (SSSR count). The van der Waals surface area contributed by atoms with E-state index in [0.29, 0.717) is 28.3 Å². The lowest BCUT2D eigenvalue weighted by molar-refractivity contribution is -0.111. The molecule has 1 fully saturated rings. The molecule has 0 radical (unpaired) electrons. The lowest BCUT2D eigenvalue weighted by atomic mass is 10.1. The molecule has 2 N–H and O–H groups in total. The Morgan fingerprint density at radius 1 is 1.07 bits per heavy atom. The number of hydrogen-bond donors (Lipinski definition) is 2. The average Bonchev–Trinajstić information content (AvgIpc) is 3.42. The first kappa shape index (κ1) is 28.8. The molecule has 1 aliphatic rings. The van der Waals surface area contributed by atoms with Gasteiger partial charge in [-0.3, -0.25) is 4.79 Å². The third-order valence-corrected chi connectivity index (χ3v) is 7.21. The van der Waals surface area contributed by atoms with Gasteiger partial charge in [-0.05, 0) is 30.8 Å². The first-order valence-electron chi connectivity index (χ1n) is 13.5. The number of hydrogen-bond acceptors (Lipinski definition) is 9. The number of rotatable bonds is 10. The van der Waals surface area contributed by atoms with E-state index in [9.17, 15) is 13.6 Å². The summed E-state index contributed by atoms with van der Waals surface area (Å²) in [5, 5.41) is 6.09. The minimum absolute atomic E-state index is 0.0866. The molecular formula is C30H32F2N6O4. The van der Waals surface area contributed by atoms with Crippen molar-refractivity contribution < 1.29 is 27.5 Å². The number of methoxy groups -OCH3 is 2. The smallest absolute Gasteiger partial charge is 0.247 e. The van der Waals surface area contributed by atoms with E-state index in [-0.39, 0.29) is 35.3 Å². The summed E-state index contributed by atoms with van der Waals surface area (Å²) < 4.78 is 45.5. The van der Waals surface area contributed by atoms with Gasteiger partial charge in [0.25, 0.3) is 0 Å². The number of nitrogens with one attached hydrogen (secondary N) is 2. The highest BCUT2D eigenvalue weighted by atomic mass is 19.1. The molecule has 2 aromatic carbocycles. The van der Waals surface area contributed by atoms with Gasteiger partial charge < -0.3 is 34.3 Å². The topological polar surface area (TPSA) is 105 Å². The van der Waals surface area contributed by atoms with Crippen LogP contribution in [0.15, 0.2) is 53.6 Å². The SMILES string of the molecule is C=CC(=O)Nc1cc(N2CCN(CC)CC2)ccc1Nc1cc2nc(Cc3c(F)c(OC)cc(OC)c3F)oc2cn1. The minimum Gasteiger partial charge on any atom is -0.494 e. The minimum atomic E-state index is -0.858. The second kappa shape index (κ2) is 12.4. The number of carbonyl (C=O) groups excluding carboxylic acids is 1. The van der Waals surface area contributed by atoms with E-state index in [1.54, 1.807) is 6.07 Å². The third kappa shape index (κ3) is 5.98. The highest BCUT2D eigenvalue weighted by molar-refractivity contribution is 6.02. The van der Waals surface area contributed by atoms with Crippen LogP contribution in [0, 0.1) is 11.6 Å². The van der Waals surface area contributed by atoms with Gasteiger partial charge in [0.15, 0.2) is 34.6 Å². The van der Waals surface area contributed by atoms with Gasteiger partial charge in [-0.25, -0.2) is 18.7 Å². The van der Waals surface area contributed by atoms with Crippen molar-refractivity contribution in [3.05, 3.63) is 72.3 Å². The summed E-state index contributed by atoms with van der Waals surface area (Å²) >= 11 is 0. The van der Waals surface area contributed by atoms with Crippen LogP contribution in [0.1, 0.15) is 18.4 Å². The summed E-state index contributed by atoms with van der Waals surface area (Å²) in [7, 11) is 2.57. The quantitative estimate of drug-likeness (QED) is 0.248. The Morgan fingerprint density at radius 3 is 2.43 bits per heavy atom. The number of aromatic nitrogens is 2. The molecule has 3 heterocycles. The van der Waals surface area contributed by atoms with Crippen LogP contribution in [0.25, 0.3) is 11.1 Å². The molecule has 10 nitrogen and oxygen atoms in total. The zero-order valence-corrected chi connectivity index (χ0v) is 23.7.